The molecule has 94 valence electrons. The zero-order valence-electron chi connectivity index (χ0n) is 10.6. The third-order valence-corrected chi connectivity index (χ3v) is 4.62. The predicted molar refractivity (Wildman–Crippen MR) is 75.9 cm³/mol. The van der Waals surface area contributed by atoms with Crippen LogP contribution in [-0.2, 0) is 19.3 Å². The van der Waals surface area contributed by atoms with Crippen molar-refractivity contribution < 1.29 is 0 Å². The second-order valence-electron chi connectivity index (χ2n) is 5.16. The Hall–Kier alpha value is -1.19. The fourth-order valence-corrected chi connectivity index (χ4v) is 3.43. The quantitative estimate of drug-likeness (QED) is 0.919. The van der Waals surface area contributed by atoms with E-state index in [0.717, 1.165) is 30.0 Å². The molecule has 3 heteroatoms. The van der Waals surface area contributed by atoms with Gasteiger partial charge in [-0.05, 0) is 36.8 Å². The standard InChI is InChI=1S/C15H18N2S/c1-10-17-14(9-18-10)8-15(16)13-6-11-4-2-3-5-12(11)7-13/h2-5,9,13,15H,6-8,16H2,1H3. The van der Waals surface area contributed by atoms with Crippen molar-refractivity contribution >= 4 is 11.3 Å². The number of aromatic nitrogens is 1. The van der Waals surface area contributed by atoms with Gasteiger partial charge in [0.15, 0.2) is 0 Å². The molecule has 0 bridgehead atoms. The van der Waals surface area contributed by atoms with E-state index in [4.69, 9.17) is 5.73 Å². The topological polar surface area (TPSA) is 38.9 Å². The van der Waals surface area contributed by atoms with Gasteiger partial charge in [0.25, 0.3) is 0 Å². The molecule has 3 rings (SSSR count). The minimum Gasteiger partial charge on any atom is -0.327 e. The highest BCUT2D eigenvalue weighted by Gasteiger charge is 2.26. The summed E-state index contributed by atoms with van der Waals surface area (Å²) >= 11 is 1.71. The van der Waals surface area contributed by atoms with E-state index in [-0.39, 0.29) is 6.04 Å². The molecule has 0 radical (unpaired) electrons. The van der Waals surface area contributed by atoms with Crippen LogP contribution < -0.4 is 5.73 Å². The first-order chi connectivity index (χ1) is 8.72. The van der Waals surface area contributed by atoms with Crippen LogP contribution in [0.2, 0.25) is 0 Å². The molecule has 1 aromatic heterocycles. The van der Waals surface area contributed by atoms with Crippen LogP contribution in [-0.4, -0.2) is 11.0 Å². The number of aryl methyl sites for hydroxylation is 1. The Balaban J connectivity index is 1.67. The van der Waals surface area contributed by atoms with Gasteiger partial charge in [-0.2, -0.15) is 0 Å². The largest absolute Gasteiger partial charge is 0.327 e. The minimum absolute atomic E-state index is 0.221. The maximum atomic E-state index is 6.36. The van der Waals surface area contributed by atoms with Crippen LogP contribution in [0.3, 0.4) is 0 Å². The Morgan fingerprint density at radius 1 is 1.33 bits per heavy atom. The summed E-state index contributed by atoms with van der Waals surface area (Å²) in [4.78, 5) is 4.51. The lowest BCUT2D eigenvalue weighted by Crippen LogP contribution is -2.32. The molecule has 1 heterocycles. The third-order valence-electron chi connectivity index (χ3n) is 3.80. The highest BCUT2D eigenvalue weighted by atomic mass is 32.1. The number of thiazole rings is 1. The van der Waals surface area contributed by atoms with Crippen molar-refractivity contribution in [1.82, 2.24) is 4.98 Å². The number of rotatable bonds is 3. The number of nitrogens with two attached hydrogens (primary N) is 1. The van der Waals surface area contributed by atoms with E-state index in [1.165, 1.54) is 11.1 Å². The smallest absolute Gasteiger partial charge is 0.0897 e. The summed E-state index contributed by atoms with van der Waals surface area (Å²) in [6, 6.07) is 8.93. The molecule has 1 aliphatic rings. The first-order valence-corrected chi connectivity index (χ1v) is 7.33. The molecule has 1 aromatic carbocycles. The van der Waals surface area contributed by atoms with Crippen molar-refractivity contribution in [3.8, 4) is 0 Å². The predicted octanol–water partition coefficient (Wildman–Crippen LogP) is 2.74. The summed E-state index contributed by atoms with van der Waals surface area (Å²) in [5.41, 5.74) is 10.5. The Kier molecular flexibility index (Phi) is 3.18. The van der Waals surface area contributed by atoms with Gasteiger partial charge in [-0.1, -0.05) is 24.3 Å². The van der Waals surface area contributed by atoms with Gasteiger partial charge in [0.1, 0.15) is 0 Å². The second-order valence-corrected chi connectivity index (χ2v) is 6.23. The summed E-state index contributed by atoms with van der Waals surface area (Å²) in [5, 5.41) is 3.27. The van der Waals surface area contributed by atoms with Gasteiger partial charge in [-0.15, -0.1) is 11.3 Å². The molecule has 0 amide bonds. The SMILES string of the molecule is Cc1nc(CC(N)C2Cc3ccccc3C2)cs1. The zero-order chi connectivity index (χ0) is 12.5. The van der Waals surface area contributed by atoms with Gasteiger partial charge in [-0.25, -0.2) is 4.98 Å². The number of hydrogen-bond donors (Lipinski definition) is 1. The molecule has 0 saturated heterocycles. The van der Waals surface area contributed by atoms with Crippen molar-refractivity contribution in [3.63, 3.8) is 0 Å². The lowest BCUT2D eigenvalue weighted by molar-refractivity contribution is 0.434. The summed E-state index contributed by atoms with van der Waals surface area (Å²) < 4.78 is 0. The lowest BCUT2D eigenvalue weighted by Gasteiger charge is -2.17. The van der Waals surface area contributed by atoms with E-state index < -0.39 is 0 Å². The molecule has 2 nitrogen and oxygen atoms in total. The maximum Gasteiger partial charge on any atom is 0.0897 e. The molecule has 2 aromatic rings. The van der Waals surface area contributed by atoms with Crippen molar-refractivity contribution in [2.75, 3.05) is 0 Å². The molecule has 0 saturated carbocycles. The normalized spacial score (nSPS) is 16.8. The van der Waals surface area contributed by atoms with E-state index in [1.807, 2.05) is 6.92 Å². The van der Waals surface area contributed by atoms with Crippen LogP contribution in [0.4, 0.5) is 0 Å². The highest BCUT2D eigenvalue weighted by molar-refractivity contribution is 7.09. The van der Waals surface area contributed by atoms with Crippen LogP contribution in [0.25, 0.3) is 0 Å². The molecular formula is C15H18N2S. The fourth-order valence-electron chi connectivity index (χ4n) is 2.81. The molecule has 0 spiro atoms. The van der Waals surface area contributed by atoms with Crippen LogP contribution in [0.5, 0.6) is 0 Å². The fraction of sp³-hybridized carbons (Fsp3) is 0.400. The van der Waals surface area contributed by atoms with E-state index in [1.54, 1.807) is 11.3 Å². The minimum atomic E-state index is 0.221. The molecule has 18 heavy (non-hydrogen) atoms. The molecule has 1 unspecified atom stereocenters. The number of hydrogen-bond acceptors (Lipinski definition) is 3. The average Bonchev–Trinajstić information content (AvgIpc) is 2.95. The van der Waals surface area contributed by atoms with E-state index in [2.05, 4.69) is 34.6 Å². The van der Waals surface area contributed by atoms with Crippen molar-refractivity contribution in [2.45, 2.75) is 32.2 Å². The van der Waals surface area contributed by atoms with Gasteiger partial charge in [-0.3, -0.25) is 0 Å². The van der Waals surface area contributed by atoms with Crippen molar-refractivity contribution in [2.24, 2.45) is 11.7 Å². The Bertz CT molecular complexity index is 522. The second kappa shape index (κ2) is 4.82. The van der Waals surface area contributed by atoms with Gasteiger partial charge in [0.2, 0.25) is 0 Å². The Labute approximate surface area is 112 Å². The Morgan fingerprint density at radius 2 is 2.00 bits per heavy atom. The van der Waals surface area contributed by atoms with Crippen LogP contribution in [0, 0.1) is 12.8 Å². The van der Waals surface area contributed by atoms with E-state index in [0.29, 0.717) is 5.92 Å². The summed E-state index contributed by atoms with van der Waals surface area (Å²) in [5.74, 6) is 0.574. The summed E-state index contributed by atoms with van der Waals surface area (Å²) in [6.07, 6.45) is 3.16. The van der Waals surface area contributed by atoms with Crippen molar-refractivity contribution in [1.29, 1.82) is 0 Å². The summed E-state index contributed by atoms with van der Waals surface area (Å²) in [7, 11) is 0. The zero-order valence-corrected chi connectivity index (χ0v) is 11.4. The van der Waals surface area contributed by atoms with Gasteiger partial charge >= 0.3 is 0 Å². The van der Waals surface area contributed by atoms with Crippen molar-refractivity contribution in [3.05, 3.63) is 51.5 Å². The van der Waals surface area contributed by atoms with Crippen LogP contribution in [0.15, 0.2) is 29.6 Å². The van der Waals surface area contributed by atoms with E-state index >= 15 is 0 Å². The summed E-state index contributed by atoms with van der Waals surface area (Å²) in [6.45, 7) is 2.05. The Morgan fingerprint density at radius 3 is 2.56 bits per heavy atom. The molecule has 0 fully saturated rings. The highest BCUT2D eigenvalue weighted by Crippen LogP contribution is 2.29. The van der Waals surface area contributed by atoms with Gasteiger partial charge in [0.05, 0.1) is 10.7 Å². The van der Waals surface area contributed by atoms with Gasteiger partial charge in [0, 0.05) is 17.8 Å². The van der Waals surface area contributed by atoms with Crippen LogP contribution >= 0.6 is 11.3 Å². The lowest BCUT2D eigenvalue weighted by atomic mass is 9.94. The molecule has 0 aliphatic heterocycles. The third kappa shape index (κ3) is 2.33. The molecule has 1 aliphatic carbocycles. The first-order valence-electron chi connectivity index (χ1n) is 6.46. The van der Waals surface area contributed by atoms with Gasteiger partial charge < -0.3 is 5.73 Å². The molecular weight excluding hydrogens is 240 g/mol. The number of nitrogens with zero attached hydrogens (tertiary/aromatic N) is 1. The van der Waals surface area contributed by atoms with Crippen LogP contribution in [0.1, 0.15) is 21.8 Å². The average molecular weight is 258 g/mol. The van der Waals surface area contributed by atoms with E-state index in [9.17, 15) is 0 Å². The molecule has 2 N–H and O–H groups in total. The monoisotopic (exact) mass is 258 g/mol. The first kappa shape index (κ1) is 11.9. The number of fused-ring (bicyclic) bond motifs is 1. The maximum absolute atomic E-state index is 6.36. The number of benzene rings is 1. The molecule has 1 atom stereocenters.